The van der Waals surface area contributed by atoms with E-state index in [1.54, 1.807) is 7.11 Å². The molecule has 0 aromatic heterocycles. The van der Waals surface area contributed by atoms with Crippen LogP contribution < -0.4 is 4.74 Å². The Hall–Kier alpha value is -1.18. The van der Waals surface area contributed by atoms with Gasteiger partial charge < -0.3 is 4.74 Å². The highest BCUT2D eigenvalue weighted by molar-refractivity contribution is 7.78. The van der Waals surface area contributed by atoms with Gasteiger partial charge in [-0.2, -0.15) is 4.99 Å². The van der Waals surface area contributed by atoms with Crippen LogP contribution in [-0.2, 0) is 0 Å². The van der Waals surface area contributed by atoms with Crippen molar-refractivity contribution in [1.29, 1.82) is 0 Å². The average molecular weight is 207 g/mol. The molecule has 0 heterocycles. The van der Waals surface area contributed by atoms with Crippen molar-refractivity contribution in [3.8, 4) is 5.75 Å². The van der Waals surface area contributed by atoms with Crippen LogP contribution in [0.25, 0.3) is 0 Å². The van der Waals surface area contributed by atoms with Crippen molar-refractivity contribution in [3.05, 3.63) is 22.8 Å². The van der Waals surface area contributed by atoms with Gasteiger partial charge in [0.25, 0.3) is 0 Å². The highest BCUT2D eigenvalue weighted by atomic mass is 32.1. The van der Waals surface area contributed by atoms with Crippen LogP contribution >= 0.6 is 12.2 Å². The second-order valence-electron chi connectivity index (χ2n) is 3.20. The summed E-state index contributed by atoms with van der Waals surface area (Å²) in [5.74, 6) is 0.922. The van der Waals surface area contributed by atoms with Crippen molar-refractivity contribution in [3.63, 3.8) is 0 Å². The summed E-state index contributed by atoms with van der Waals surface area (Å²) in [5.41, 5.74) is 4.14. The van der Waals surface area contributed by atoms with Crippen LogP contribution in [0.4, 0.5) is 5.69 Å². The van der Waals surface area contributed by atoms with E-state index in [0.29, 0.717) is 0 Å². The predicted molar refractivity (Wildman–Crippen MR) is 61.9 cm³/mol. The number of thiocarbonyl (C=S) groups is 1. The van der Waals surface area contributed by atoms with Gasteiger partial charge in [0.1, 0.15) is 5.75 Å². The molecule has 0 radical (unpaired) electrons. The summed E-state index contributed by atoms with van der Waals surface area (Å²) < 4.78 is 5.30. The Morgan fingerprint density at radius 2 is 1.93 bits per heavy atom. The summed E-state index contributed by atoms with van der Waals surface area (Å²) in [6, 6.07) is 1.96. The van der Waals surface area contributed by atoms with Crippen LogP contribution in [-0.4, -0.2) is 12.3 Å². The molecule has 0 aliphatic rings. The van der Waals surface area contributed by atoms with E-state index in [-0.39, 0.29) is 0 Å². The number of nitrogens with zero attached hydrogens (tertiary/aromatic N) is 1. The van der Waals surface area contributed by atoms with E-state index in [1.165, 1.54) is 0 Å². The van der Waals surface area contributed by atoms with Gasteiger partial charge >= 0.3 is 0 Å². The van der Waals surface area contributed by atoms with E-state index < -0.39 is 0 Å². The van der Waals surface area contributed by atoms with Gasteiger partial charge in [-0.25, -0.2) is 0 Å². The van der Waals surface area contributed by atoms with Crippen molar-refractivity contribution >= 4 is 23.1 Å². The molecular weight excluding hydrogens is 194 g/mol. The van der Waals surface area contributed by atoms with Crippen LogP contribution in [0.2, 0.25) is 0 Å². The molecule has 0 atom stereocenters. The number of hydrogen-bond donors (Lipinski definition) is 0. The second kappa shape index (κ2) is 4.36. The fourth-order valence-corrected chi connectivity index (χ4v) is 1.61. The Morgan fingerprint density at radius 3 is 2.43 bits per heavy atom. The van der Waals surface area contributed by atoms with Gasteiger partial charge in [0, 0.05) is 0 Å². The Balaban J connectivity index is 3.47. The summed E-state index contributed by atoms with van der Waals surface area (Å²) in [4.78, 5) is 4.01. The number of benzene rings is 1. The zero-order chi connectivity index (χ0) is 10.7. The van der Waals surface area contributed by atoms with E-state index >= 15 is 0 Å². The number of aliphatic imine (C=N–C) groups is 1. The third-order valence-corrected chi connectivity index (χ3v) is 2.46. The molecule has 0 saturated heterocycles. The standard InChI is InChI=1S/C11H13NOS/c1-7-5-10(12-6-14)8(2)9(3)11(7)13-4/h5H,1-4H3. The molecule has 0 bridgehead atoms. The highest BCUT2D eigenvalue weighted by Gasteiger charge is 2.09. The van der Waals surface area contributed by atoms with E-state index in [4.69, 9.17) is 4.74 Å². The van der Waals surface area contributed by atoms with Crippen LogP contribution in [0.15, 0.2) is 11.1 Å². The van der Waals surface area contributed by atoms with Gasteiger partial charge in [-0.3, -0.25) is 0 Å². The first-order valence-electron chi connectivity index (χ1n) is 4.34. The summed E-state index contributed by atoms with van der Waals surface area (Å²) >= 11 is 4.59. The van der Waals surface area contributed by atoms with Gasteiger partial charge in [-0.05, 0) is 55.7 Å². The van der Waals surface area contributed by atoms with E-state index in [9.17, 15) is 0 Å². The molecule has 0 fully saturated rings. The molecule has 2 nitrogen and oxygen atoms in total. The smallest absolute Gasteiger partial charge is 0.125 e. The van der Waals surface area contributed by atoms with Crippen molar-refractivity contribution in [2.24, 2.45) is 4.99 Å². The number of rotatable bonds is 2. The fraction of sp³-hybridized carbons (Fsp3) is 0.364. The van der Waals surface area contributed by atoms with E-state index in [2.05, 4.69) is 22.4 Å². The second-order valence-corrected chi connectivity index (χ2v) is 3.38. The summed E-state index contributed by atoms with van der Waals surface area (Å²) in [6.07, 6.45) is 0. The van der Waals surface area contributed by atoms with Gasteiger partial charge in [-0.1, -0.05) is 0 Å². The van der Waals surface area contributed by atoms with E-state index in [1.807, 2.05) is 26.8 Å². The summed E-state index contributed by atoms with van der Waals surface area (Å²) in [5, 5.41) is 2.38. The van der Waals surface area contributed by atoms with Crippen LogP contribution in [0.5, 0.6) is 5.75 Å². The fourth-order valence-electron chi connectivity index (χ4n) is 1.52. The summed E-state index contributed by atoms with van der Waals surface area (Å²) in [7, 11) is 1.68. The molecule has 0 spiro atoms. The minimum absolute atomic E-state index is 0.871. The molecule has 1 rings (SSSR count). The molecule has 0 N–H and O–H groups in total. The zero-order valence-corrected chi connectivity index (χ0v) is 9.66. The molecule has 14 heavy (non-hydrogen) atoms. The van der Waals surface area contributed by atoms with Crippen molar-refractivity contribution < 1.29 is 4.74 Å². The minimum atomic E-state index is 0.871. The monoisotopic (exact) mass is 207 g/mol. The molecule has 0 amide bonds. The zero-order valence-electron chi connectivity index (χ0n) is 8.84. The maximum atomic E-state index is 5.30. The van der Waals surface area contributed by atoms with Gasteiger partial charge in [0.15, 0.2) is 0 Å². The normalized spacial score (nSPS) is 9.43. The maximum absolute atomic E-state index is 5.30. The Kier molecular flexibility index (Phi) is 3.39. The number of isothiocyanates is 1. The topological polar surface area (TPSA) is 21.6 Å². The third kappa shape index (κ3) is 1.84. The Labute approximate surface area is 89.6 Å². The largest absolute Gasteiger partial charge is 0.496 e. The quantitative estimate of drug-likeness (QED) is 0.548. The molecular formula is C11H13NOS. The molecule has 1 aromatic carbocycles. The lowest BCUT2D eigenvalue weighted by atomic mass is 10.0. The Morgan fingerprint density at radius 1 is 1.29 bits per heavy atom. The third-order valence-electron chi connectivity index (χ3n) is 2.37. The SMILES string of the molecule is COc1c(C)cc(N=C=S)c(C)c1C. The molecule has 74 valence electrons. The first-order valence-corrected chi connectivity index (χ1v) is 4.75. The first-order chi connectivity index (χ1) is 6.61. The predicted octanol–water partition coefficient (Wildman–Crippen LogP) is 3.35. The van der Waals surface area contributed by atoms with Crippen molar-refractivity contribution in [2.45, 2.75) is 20.8 Å². The molecule has 0 aliphatic carbocycles. The maximum Gasteiger partial charge on any atom is 0.125 e. The lowest BCUT2D eigenvalue weighted by molar-refractivity contribution is 0.408. The molecule has 1 aromatic rings. The van der Waals surface area contributed by atoms with Gasteiger partial charge in [-0.15, -0.1) is 0 Å². The first kappa shape index (κ1) is 10.9. The van der Waals surface area contributed by atoms with Crippen molar-refractivity contribution in [1.82, 2.24) is 0 Å². The Bertz CT molecular complexity index is 406. The van der Waals surface area contributed by atoms with Gasteiger partial charge in [0.2, 0.25) is 0 Å². The van der Waals surface area contributed by atoms with Gasteiger partial charge in [0.05, 0.1) is 18.0 Å². The van der Waals surface area contributed by atoms with Crippen LogP contribution in [0, 0.1) is 20.8 Å². The average Bonchev–Trinajstić information content (AvgIpc) is 2.15. The number of hydrogen-bond acceptors (Lipinski definition) is 3. The molecule has 0 unspecified atom stereocenters. The number of aryl methyl sites for hydroxylation is 1. The molecule has 3 heteroatoms. The minimum Gasteiger partial charge on any atom is -0.496 e. The van der Waals surface area contributed by atoms with E-state index in [0.717, 1.165) is 28.1 Å². The molecule has 0 aliphatic heterocycles. The number of methoxy groups -OCH3 is 1. The summed E-state index contributed by atoms with van der Waals surface area (Å²) in [6.45, 7) is 6.01. The van der Waals surface area contributed by atoms with Crippen LogP contribution in [0.3, 0.4) is 0 Å². The lowest BCUT2D eigenvalue weighted by Gasteiger charge is -2.12. The number of ether oxygens (including phenoxy) is 1. The van der Waals surface area contributed by atoms with Crippen molar-refractivity contribution in [2.75, 3.05) is 7.11 Å². The van der Waals surface area contributed by atoms with Crippen LogP contribution in [0.1, 0.15) is 16.7 Å². The highest BCUT2D eigenvalue weighted by Crippen LogP contribution is 2.32. The molecule has 0 saturated carbocycles. The lowest BCUT2D eigenvalue weighted by Crippen LogP contribution is -1.93.